The third-order valence-electron chi connectivity index (χ3n) is 18.5. The Morgan fingerprint density at radius 3 is 0.784 bits per heavy atom. The highest BCUT2D eigenvalue weighted by atomic mass is 31.2. The van der Waals surface area contributed by atoms with E-state index in [1.54, 1.807) is 0 Å². The van der Waals surface area contributed by atoms with Crippen molar-refractivity contribution < 1.29 is 80.2 Å². The monoisotopic (exact) mass is 1420 g/mol. The van der Waals surface area contributed by atoms with Crippen molar-refractivity contribution in [3.8, 4) is 0 Å². The number of aliphatic hydroxyl groups excluding tert-OH is 1. The van der Waals surface area contributed by atoms with Gasteiger partial charge >= 0.3 is 39.5 Å². The topological polar surface area (TPSA) is 237 Å². The molecule has 0 rings (SSSR count). The number of aliphatic hydroxyl groups is 1. The Morgan fingerprint density at radius 2 is 0.526 bits per heavy atom. The highest BCUT2D eigenvalue weighted by Gasteiger charge is 2.30. The zero-order valence-electron chi connectivity index (χ0n) is 63.5. The molecular weight excluding hydrogens is 1270 g/mol. The number of carbonyl (C=O) groups excluding carboxylic acids is 4. The molecule has 97 heavy (non-hydrogen) atoms. The minimum Gasteiger partial charge on any atom is -0.462 e. The van der Waals surface area contributed by atoms with Gasteiger partial charge in [0.15, 0.2) is 12.2 Å². The van der Waals surface area contributed by atoms with Crippen LogP contribution in [0, 0.1) is 17.8 Å². The van der Waals surface area contributed by atoms with Crippen LogP contribution in [-0.4, -0.2) is 96.7 Å². The largest absolute Gasteiger partial charge is 0.472 e. The third-order valence-corrected chi connectivity index (χ3v) is 20.4. The molecule has 0 aromatic heterocycles. The number of ether oxygens (including phenoxy) is 4. The molecule has 0 fully saturated rings. The smallest absolute Gasteiger partial charge is 0.462 e. The van der Waals surface area contributed by atoms with Crippen LogP contribution < -0.4 is 0 Å². The van der Waals surface area contributed by atoms with Crippen molar-refractivity contribution in [3.63, 3.8) is 0 Å². The standard InChI is InChI=1S/C78H152O17P2/c1-8-10-11-12-13-14-15-16-17-18-19-20-21-26-29-32-38-47-54-61-77(82)94-73(65-88-75(80)59-52-45-37-31-28-25-23-22-24-27-30-35-42-49-56-69(3)4)67-92-96(84,85)90-63-72(79)64-91-97(86,87)93-68-74(66-89-76(81)60-53-46-41-40-43-50-57-70(5)6)95-78(83)62-55-48-39-34-33-36-44-51-58-71(7)9-2/h69-74,79H,8-68H2,1-7H3,(H,84,85)(H,86,87)/t71?,72-,73-,74-/m1/s1. The minimum absolute atomic E-state index is 0.104. The first-order valence-corrected chi connectivity index (χ1v) is 43.4. The Balaban J connectivity index is 5.22. The van der Waals surface area contributed by atoms with Crippen LogP contribution in [0.3, 0.4) is 0 Å². The predicted molar refractivity (Wildman–Crippen MR) is 395 cm³/mol. The number of carbonyl (C=O) groups is 4. The van der Waals surface area contributed by atoms with E-state index in [4.69, 9.17) is 37.0 Å². The molecule has 576 valence electrons. The molecule has 17 nitrogen and oxygen atoms in total. The van der Waals surface area contributed by atoms with Gasteiger partial charge in [-0.3, -0.25) is 37.3 Å². The van der Waals surface area contributed by atoms with E-state index in [0.29, 0.717) is 31.6 Å². The Kier molecular flexibility index (Phi) is 67.1. The van der Waals surface area contributed by atoms with Gasteiger partial charge in [-0.2, -0.15) is 0 Å². The van der Waals surface area contributed by atoms with Gasteiger partial charge in [-0.25, -0.2) is 9.13 Å². The van der Waals surface area contributed by atoms with Crippen molar-refractivity contribution >= 4 is 39.5 Å². The molecule has 3 unspecified atom stereocenters. The SMILES string of the molecule is CCCCCCCCCCCCCCCCCCCCCC(=O)O[C@H](COC(=O)CCCCCCCCCCCCCCCCC(C)C)COP(=O)(O)OC[C@@H](O)COP(=O)(O)OC[C@@H](COC(=O)CCCCCCCCC(C)C)OC(=O)CCCCCCCCCCC(C)CC. The summed E-state index contributed by atoms with van der Waals surface area (Å²) in [6.07, 6.45) is 55.7. The summed E-state index contributed by atoms with van der Waals surface area (Å²) in [5, 5.41) is 10.6. The summed E-state index contributed by atoms with van der Waals surface area (Å²) in [4.78, 5) is 72.8. The maximum atomic E-state index is 13.1. The fourth-order valence-corrected chi connectivity index (χ4v) is 13.5. The highest BCUT2D eigenvalue weighted by Crippen LogP contribution is 2.45. The zero-order chi connectivity index (χ0) is 71.6. The fraction of sp³-hybridized carbons (Fsp3) is 0.949. The van der Waals surface area contributed by atoms with E-state index in [2.05, 4.69) is 48.5 Å². The molecule has 0 bridgehead atoms. The van der Waals surface area contributed by atoms with Crippen LogP contribution in [0.5, 0.6) is 0 Å². The Labute approximate surface area is 594 Å². The average molecular weight is 1420 g/mol. The molecule has 0 aromatic carbocycles. The van der Waals surface area contributed by atoms with Crippen molar-refractivity contribution in [2.75, 3.05) is 39.6 Å². The molecule has 0 heterocycles. The first-order chi connectivity index (χ1) is 46.8. The van der Waals surface area contributed by atoms with Crippen LogP contribution >= 0.6 is 15.6 Å². The molecular formula is C78H152O17P2. The second kappa shape index (κ2) is 68.5. The highest BCUT2D eigenvalue weighted by molar-refractivity contribution is 7.47. The zero-order valence-corrected chi connectivity index (χ0v) is 65.3. The number of hydrogen-bond donors (Lipinski definition) is 3. The lowest BCUT2D eigenvalue weighted by atomic mass is 9.99. The van der Waals surface area contributed by atoms with Crippen LogP contribution in [0.1, 0.15) is 402 Å². The molecule has 3 N–H and O–H groups in total. The van der Waals surface area contributed by atoms with Gasteiger partial charge in [-0.15, -0.1) is 0 Å². The van der Waals surface area contributed by atoms with Crippen LogP contribution in [0.2, 0.25) is 0 Å². The number of esters is 4. The Morgan fingerprint density at radius 1 is 0.299 bits per heavy atom. The quantitative estimate of drug-likeness (QED) is 0.0222. The summed E-state index contributed by atoms with van der Waals surface area (Å²) in [5.41, 5.74) is 0. The van der Waals surface area contributed by atoms with Crippen molar-refractivity contribution in [2.24, 2.45) is 17.8 Å². The van der Waals surface area contributed by atoms with E-state index < -0.39 is 97.5 Å². The minimum atomic E-state index is -4.96. The molecule has 0 spiro atoms. The van der Waals surface area contributed by atoms with Gasteiger partial charge in [0.25, 0.3) is 0 Å². The lowest BCUT2D eigenvalue weighted by Gasteiger charge is -2.21. The van der Waals surface area contributed by atoms with Crippen LogP contribution in [0.15, 0.2) is 0 Å². The molecule has 0 aliphatic heterocycles. The molecule has 0 saturated heterocycles. The summed E-state index contributed by atoms with van der Waals surface area (Å²) in [6.45, 7) is 11.8. The van der Waals surface area contributed by atoms with E-state index in [9.17, 15) is 43.2 Å². The molecule has 0 radical (unpaired) electrons. The average Bonchev–Trinajstić information content (AvgIpc) is 1.19. The maximum Gasteiger partial charge on any atom is 0.472 e. The molecule has 0 aliphatic rings. The van der Waals surface area contributed by atoms with Crippen molar-refractivity contribution in [1.29, 1.82) is 0 Å². The van der Waals surface area contributed by atoms with E-state index in [1.165, 1.54) is 205 Å². The summed E-state index contributed by atoms with van der Waals surface area (Å²) < 4.78 is 68.6. The van der Waals surface area contributed by atoms with E-state index in [-0.39, 0.29) is 25.7 Å². The first-order valence-electron chi connectivity index (χ1n) is 40.4. The number of phosphoric acid groups is 2. The second-order valence-electron chi connectivity index (χ2n) is 29.3. The second-order valence-corrected chi connectivity index (χ2v) is 32.2. The Hall–Kier alpha value is -1.94. The molecule has 0 aromatic rings. The summed E-state index contributed by atoms with van der Waals surface area (Å²) in [6, 6.07) is 0. The summed E-state index contributed by atoms with van der Waals surface area (Å²) in [5.74, 6) is 0.129. The lowest BCUT2D eigenvalue weighted by molar-refractivity contribution is -0.161. The number of rotatable bonds is 76. The van der Waals surface area contributed by atoms with E-state index in [1.807, 2.05) is 0 Å². The van der Waals surface area contributed by atoms with E-state index in [0.717, 1.165) is 108 Å². The molecule has 0 saturated carbocycles. The van der Waals surface area contributed by atoms with Crippen LogP contribution in [-0.2, 0) is 65.4 Å². The van der Waals surface area contributed by atoms with Crippen molar-refractivity contribution in [2.45, 2.75) is 420 Å². The summed E-state index contributed by atoms with van der Waals surface area (Å²) in [7, 11) is -9.91. The molecule has 6 atom stereocenters. The Bertz CT molecular complexity index is 1890. The number of unbranched alkanes of at least 4 members (excludes halogenated alkanes) is 43. The molecule has 19 heteroatoms. The summed E-state index contributed by atoms with van der Waals surface area (Å²) >= 11 is 0. The van der Waals surface area contributed by atoms with Gasteiger partial charge in [0.2, 0.25) is 0 Å². The van der Waals surface area contributed by atoms with Gasteiger partial charge in [0, 0.05) is 25.7 Å². The number of hydrogen-bond acceptors (Lipinski definition) is 15. The third kappa shape index (κ3) is 70.9. The first kappa shape index (κ1) is 95.1. The number of phosphoric ester groups is 2. The van der Waals surface area contributed by atoms with Crippen molar-refractivity contribution in [3.05, 3.63) is 0 Å². The van der Waals surface area contributed by atoms with Gasteiger partial charge in [0.05, 0.1) is 26.4 Å². The predicted octanol–water partition coefficient (Wildman–Crippen LogP) is 23.0. The normalized spacial score (nSPS) is 14.3. The van der Waals surface area contributed by atoms with Crippen LogP contribution in [0.4, 0.5) is 0 Å². The molecule has 0 aliphatic carbocycles. The van der Waals surface area contributed by atoms with Crippen LogP contribution in [0.25, 0.3) is 0 Å². The van der Waals surface area contributed by atoms with Gasteiger partial charge in [0.1, 0.15) is 19.3 Å². The fourth-order valence-electron chi connectivity index (χ4n) is 11.9. The van der Waals surface area contributed by atoms with Gasteiger partial charge < -0.3 is 33.8 Å². The maximum absolute atomic E-state index is 13.1. The van der Waals surface area contributed by atoms with Gasteiger partial charge in [-0.05, 0) is 43.4 Å². The lowest BCUT2D eigenvalue weighted by Crippen LogP contribution is -2.30. The molecule has 0 amide bonds. The van der Waals surface area contributed by atoms with Crippen molar-refractivity contribution in [1.82, 2.24) is 0 Å². The van der Waals surface area contributed by atoms with Gasteiger partial charge in [-0.1, -0.05) is 350 Å². The van der Waals surface area contributed by atoms with E-state index >= 15 is 0 Å².